The number of nitrogen functional groups attached to an aromatic ring is 1. The van der Waals surface area contributed by atoms with Crippen LogP contribution in [0.15, 0.2) is 46.9 Å². The fourth-order valence-electron chi connectivity index (χ4n) is 2.53. The average Bonchev–Trinajstić information content (AvgIpc) is 3.01. The Kier molecular flexibility index (Phi) is 5.25. The van der Waals surface area contributed by atoms with Crippen LogP contribution >= 0.6 is 27.3 Å². The molecule has 3 rings (SSSR count). The van der Waals surface area contributed by atoms with Gasteiger partial charge in [-0.3, -0.25) is 4.79 Å². The molecule has 4 nitrogen and oxygen atoms in total. The van der Waals surface area contributed by atoms with Crippen molar-refractivity contribution in [1.82, 2.24) is 4.98 Å². The van der Waals surface area contributed by atoms with Gasteiger partial charge < -0.3 is 10.5 Å². The van der Waals surface area contributed by atoms with E-state index in [1.165, 1.54) is 13.2 Å². The molecule has 1 aromatic heterocycles. The Bertz CT molecular complexity index is 1020. The largest absolute Gasteiger partial charge is 0.496 e. The zero-order valence-corrected chi connectivity index (χ0v) is 16.2. The number of ether oxygens (including phenoxy) is 1. The quantitative estimate of drug-likeness (QED) is 0.532. The van der Waals surface area contributed by atoms with Crippen LogP contribution < -0.4 is 10.5 Å². The normalized spacial score (nSPS) is 11.4. The van der Waals surface area contributed by atoms with Crippen molar-refractivity contribution in [3.8, 4) is 17.0 Å². The van der Waals surface area contributed by atoms with Gasteiger partial charge in [-0.25, -0.2) is 4.98 Å². The molecule has 0 aliphatic heterocycles. The number of carbonyl (C=O) groups excluding carboxylic acids is 1. The van der Waals surface area contributed by atoms with E-state index in [4.69, 9.17) is 10.5 Å². The molecule has 2 aromatic carbocycles. The van der Waals surface area contributed by atoms with Crippen molar-refractivity contribution in [3.63, 3.8) is 0 Å². The summed E-state index contributed by atoms with van der Waals surface area (Å²) < 4.78 is 44.9. The van der Waals surface area contributed by atoms with Crippen LogP contribution in [0.25, 0.3) is 11.3 Å². The van der Waals surface area contributed by atoms with Gasteiger partial charge in [0.1, 0.15) is 10.6 Å². The predicted octanol–water partition coefficient (Wildman–Crippen LogP) is 5.41. The molecule has 0 aliphatic carbocycles. The van der Waals surface area contributed by atoms with Crippen molar-refractivity contribution >= 4 is 38.2 Å². The molecule has 0 fully saturated rings. The number of hydrogen-bond donors (Lipinski definition) is 1. The number of hydrogen-bond acceptors (Lipinski definition) is 5. The maximum atomic E-state index is 13.1. The smallest absolute Gasteiger partial charge is 0.416 e. The number of nitrogens with two attached hydrogens (primary N) is 1. The summed E-state index contributed by atoms with van der Waals surface area (Å²) in [7, 11) is 1.43. The Morgan fingerprint density at radius 2 is 1.93 bits per heavy atom. The van der Waals surface area contributed by atoms with Gasteiger partial charge >= 0.3 is 6.18 Å². The van der Waals surface area contributed by atoms with Gasteiger partial charge in [0.15, 0.2) is 5.13 Å². The zero-order chi connectivity index (χ0) is 19.8. The molecule has 0 spiro atoms. The van der Waals surface area contributed by atoms with Crippen LogP contribution in [0.4, 0.5) is 18.3 Å². The Morgan fingerprint density at radius 1 is 1.22 bits per heavy atom. The van der Waals surface area contributed by atoms with Crippen molar-refractivity contribution in [2.45, 2.75) is 6.18 Å². The third-order valence-corrected chi connectivity index (χ3v) is 5.04. The van der Waals surface area contributed by atoms with Crippen molar-refractivity contribution in [2.24, 2.45) is 0 Å². The van der Waals surface area contributed by atoms with Crippen LogP contribution in [0, 0.1) is 0 Å². The fraction of sp³-hybridized carbons (Fsp3) is 0.111. The summed E-state index contributed by atoms with van der Waals surface area (Å²) in [4.78, 5) is 17.2. The molecule has 140 valence electrons. The van der Waals surface area contributed by atoms with E-state index in [0.29, 0.717) is 5.75 Å². The van der Waals surface area contributed by atoms with Crippen molar-refractivity contribution in [1.29, 1.82) is 0 Å². The molecule has 2 N–H and O–H groups in total. The number of carbonyl (C=O) groups is 1. The molecule has 3 aromatic rings. The number of rotatable bonds is 4. The van der Waals surface area contributed by atoms with Crippen molar-refractivity contribution < 1.29 is 22.7 Å². The highest BCUT2D eigenvalue weighted by molar-refractivity contribution is 9.10. The minimum atomic E-state index is -4.53. The van der Waals surface area contributed by atoms with Crippen LogP contribution in [0.1, 0.15) is 20.8 Å². The number of anilines is 1. The van der Waals surface area contributed by atoms with Gasteiger partial charge in [-0.2, -0.15) is 13.2 Å². The summed E-state index contributed by atoms with van der Waals surface area (Å²) in [6, 6.07) is 9.94. The van der Waals surface area contributed by atoms with Gasteiger partial charge in [-0.1, -0.05) is 39.4 Å². The van der Waals surface area contributed by atoms with E-state index in [0.717, 1.165) is 23.5 Å². The Balaban J connectivity index is 2.16. The van der Waals surface area contributed by atoms with E-state index in [1.54, 1.807) is 24.3 Å². The molecular weight excluding hydrogens is 445 g/mol. The van der Waals surface area contributed by atoms with E-state index >= 15 is 0 Å². The second-order valence-electron chi connectivity index (χ2n) is 5.49. The number of aromatic nitrogens is 1. The summed E-state index contributed by atoms with van der Waals surface area (Å²) in [5.74, 6) is -0.0733. The maximum absolute atomic E-state index is 13.1. The van der Waals surface area contributed by atoms with Crippen LogP contribution in [0.5, 0.6) is 5.75 Å². The highest BCUT2D eigenvalue weighted by Crippen LogP contribution is 2.38. The Labute approximate surface area is 164 Å². The minimum absolute atomic E-state index is 0.0804. The maximum Gasteiger partial charge on any atom is 0.416 e. The number of ketones is 1. The van der Waals surface area contributed by atoms with E-state index in [-0.39, 0.29) is 31.3 Å². The molecule has 1 heterocycles. The molecule has 0 radical (unpaired) electrons. The first-order valence-electron chi connectivity index (χ1n) is 7.53. The molecule has 0 atom stereocenters. The first-order valence-corrected chi connectivity index (χ1v) is 9.14. The molecule has 27 heavy (non-hydrogen) atoms. The van der Waals surface area contributed by atoms with Crippen LogP contribution in [-0.2, 0) is 6.18 Å². The van der Waals surface area contributed by atoms with Gasteiger partial charge in [0, 0.05) is 10.0 Å². The van der Waals surface area contributed by atoms with E-state index in [2.05, 4.69) is 20.9 Å². The summed E-state index contributed by atoms with van der Waals surface area (Å²) in [6.45, 7) is 0. The van der Waals surface area contributed by atoms with Crippen molar-refractivity contribution in [2.75, 3.05) is 12.8 Å². The lowest BCUT2D eigenvalue weighted by Gasteiger charge is -2.10. The topological polar surface area (TPSA) is 65.2 Å². The van der Waals surface area contributed by atoms with Gasteiger partial charge in [-0.15, -0.1) is 0 Å². The van der Waals surface area contributed by atoms with Gasteiger partial charge in [-0.05, 0) is 30.3 Å². The first kappa shape index (κ1) is 19.4. The lowest BCUT2D eigenvalue weighted by atomic mass is 10.0. The second kappa shape index (κ2) is 7.32. The van der Waals surface area contributed by atoms with Crippen LogP contribution in [-0.4, -0.2) is 17.9 Å². The lowest BCUT2D eigenvalue weighted by molar-refractivity contribution is -0.137. The summed E-state index contributed by atoms with van der Waals surface area (Å²) in [5.41, 5.74) is 5.42. The molecule has 0 saturated heterocycles. The molecule has 9 heteroatoms. The zero-order valence-electron chi connectivity index (χ0n) is 13.8. The standard InChI is InChI=1S/C18H12BrF3N2O2S/c1-26-13-5-3-2-4-12(13)15(25)16-14(24-17(23)27-16)9-6-10(18(20,21)22)8-11(19)7-9/h2-8H,1H3,(H2,23,24). The third-order valence-electron chi connectivity index (χ3n) is 3.70. The highest BCUT2D eigenvalue weighted by Gasteiger charge is 2.32. The van der Waals surface area contributed by atoms with Gasteiger partial charge in [0.25, 0.3) is 0 Å². The molecule has 0 bridgehead atoms. The first-order chi connectivity index (χ1) is 12.7. The minimum Gasteiger partial charge on any atom is -0.496 e. The van der Waals surface area contributed by atoms with Gasteiger partial charge in [0.05, 0.1) is 23.9 Å². The number of methoxy groups -OCH3 is 1. The lowest BCUT2D eigenvalue weighted by Crippen LogP contribution is -2.06. The number of benzene rings is 2. The van der Waals surface area contributed by atoms with Crippen LogP contribution in [0.2, 0.25) is 0 Å². The Hall–Kier alpha value is -2.39. The van der Waals surface area contributed by atoms with E-state index < -0.39 is 17.5 Å². The van der Waals surface area contributed by atoms with Gasteiger partial charge in [0.2, 0.25) is 5.78 Å². The Morgan fingerprint density at radius 3 is 2.59 bits per heavy atom. The predicted molar refractivity (Wildman–Crippen MR) is 101 cm³/mol. The van der Waals surface area contributed by atoms with Crippen molar-refractivity contribution in [3.05, 3.63) is 62.9 Å². The second-order valence-corrected chi connectivity index (χ2v) is 7.43. The van der Waals surface area contributed by atoms with Crippen LogP contribution in [0.3, 0.4) is 0 Å². The monoisotopic (exact) mass is 456 g/mol. The number of nitrogens with zero attached hydrogens (tertiary/aromatic N) is 1. The highest BCUT2D eigenvalue weighted by atomic mass is 79.9. The third kappa shape index (κ3) is 3.98. The number of alkyl halides is 3. The number of thiazole rings is 1. The number of halogens is 4. The SMILES string of the molecule is COc1ccccc1C(=O)c1sc(N)nc1-c1cc(Br)cc(C(F)(F)F)c1. The van der Waals surface area contributed by atoms with E-state index in [1.807, 2.05) is 0 Å². The molecule has 0 saturated carbocycles. The molecule has 0 aliphatic rings. The van der Waals surface area contributed by atoms with E-state index in [9.17, 15) is 18.0 Å². The fourth-order valence-corrected chi connectivity index (χ4v) is 3.83. The summed E-state index contributed by atoms with van der Waals surface area (Å²) >= 11 is 3.99. The summed E-state index contributed by atoms with van der Waals surface area (Å²) in [5, 5.41) is 0.0804. The summed E-state index contributed by atoms with van der Waals surface area (Å²) in [6.07, 6.45) is -4.53. The molecule has 0 unspecified atom stereocenters. The molecule has 0 amide bonds. The number of para-hydroxylation sites is 1. The average molecular weight is 457 g/mol. The molecular formula is C18H12BrF3N2O2S.